The standard InChI is InChI=1S/C12H17NO2/c1-2-11(8-13)12(14)15-9-10-6-4-3-5-7-10/h3-7,11H,2,8-9,13H2,1H3/t11-/m1/s1. The third kappa shape index (κ3) is 3.72. The van der Waals surface area contributed by atoms with E-state index in [1.807, 2.05) is 37.3 Å². The molecule has 0 saturated carbocycles. The number of carbonyl (C=O) groups excluding carboxylic acids is 1. The Bertz CT molecular complexity index is 294. The Kier molecular flexibility index (Phi) is 4.84. The average molecular weight is 207 g/mol. The molecule has 0 unspecified atom stereocenters. The molecule has 0 aliphatic heterocycles. The second-order valence-corrected chi connectivity index (χ2v) is 3.43. The number of ether oxygens (including phenoxy) is 1. The monoisotopic (exact) mass is 207 g/mol. The van der Waals surface area contributed by atoms with Gasteiger partial charge in [0.25, 0.3) is 0 Å². The van der Waals surface area contributed by atoms with Gasteiger partial charge in [-0.1, -0.05) is 37.3 Å². The molecule has 0 aromatic heterocycles. The molecular formula is C12H17NO2. The molecule has 82 valence electrons. The summed E-state index contributed by atoms with van der Waals surface area (Å²) in [6, 6.07) is 9.63. The summed E-state index contributed by atoms with van der Waals surface area (Å²) in [7, 11) is 0. The Morgan fingerprint density at radius 3 is 2.60 bits per heavy atom. The normalized spacial score (nSPS) is 12.1. The zero-order chi connectivity index (χ0) is 11.1. The van der Waals surface area contributed by atoms with Crippen LogP contribution in [0.2, 0.25) is 0 Å². The van der Waals surface area contributed by atoms with E-state index >= 15 is 0 Å². The Balaban J connectivity index is 2.40. The van der Waals surface area contributed by atoms with Crippen LogP contribution < -0.4 is 5.73 Å². The van der Waals surface area contributed by atoms with Crippen LogP contribution in [0.3, 0.4) is 0 Å². The quantitative estimate of drug-likeness (QED) is 0.748. The minimum atomic E-state index is -0.205. The molecule has 0 radical (unpaired) electrons. The van der Waals surface area contributed by atoms with Crippen molar-refractivity contribution in [2.24, 2.45) is 11.7 Å². The van der Waals surface area contributed by atoms with Gasteiger partial charge in [0.05, 0.1) is 5.92 Å². The molecule has 0 amide bonds. The highest BCUT2D eigenvalue weighted by molar-refractivity contribution is 5.72. The molecule has 3 heteroatoms. The molecule has 1 rings (SSSR count). The van der Waals surface area contributed by atoms with E-state index in [-0.39, 0.29) is 11.9 Å². The Morgan fingerprint density at radius 1 is 1.40 bits per heavy atom. The van der Waals surface area contributed by atoms with E-state index in [1.54, 1.807) is 0 Å². The molecule has 0 heterocycles. The van der Waals surface area contributed by atoms with E-state index in [4.69, 9.17) is 10.5 Å². The largest absolute Gasteiger partial charge is 0.461 e. The molecule has 1 aromatic rings. The first-order chi connectivity index (χ1) is 7.27. The van der Waals surface area contributed by atoms with Crippen LogP contribution in [0, 0.1) is 5.92 Å². The predicted octanol–water partition coefficient (Wildman–Crippen LogP) is 1.71. The first kappa shape index (κ1) is 11.7. The highest BCUT2D eigenvalue weighted by Crippen LogP contribution is 2.06. The highest BCUT2D eigenvalue weighted by Gasteiger charge is 2.15. The van der Waals surface area contributed by atoms with Gasteiger partial charge in [-0.25, -0.2) is 0 Å². The minimum absolute atomic E-state index is 0.172. The molecule has 0 aliphatic rings. The number of esters is 1. The molecule has 0 spiro atoms. The summed E-state index contributed by atoms with van der Waals surface area (Å²) < 4.78 is 5.15. The zero-order valence-electron chi connectivity index (χ0n) is 8.98. The van der Waals surface area contributed by atoms with Crippen LogP contribution in [0.25, 0.3) is 0 Å². The third-order valence-corrected chi connectivity index (χ3v) is 2.33. The first-order valence-electron chi connectivity index (χ1n) is 5.18. The summed E-state index contributed by atoms with van der Waals surface area (Å²) in [4.78, 5) is 11.5. The summed E-state index contributed by atoms with van der Waals surface area (Å²) in [5.41, 5.74) is 6.45. The lowest BCUT2D eigenvalue weighted by molar-refractivity contribution is -0.149. The molecule has 0 saturated heterocycles. The van der Waals surface area contributed by atoms with Crippen molar-refractivity contribution in [2.75, 3.05) is 6.54 Å². The Labute approximate surface area is 90.2 Å². The van der Waals surface area contributed by atoms with E-state index in [2.05, 4.69) is 0 Å². The highest BCUT2D eigenvalue weighted by atomic mass is 16.5. The van der Waals surface area contributed by atoms with Gasteiger partial charge >= 0.3 is 5.97 Å². The van der Waals surface area contributed by atoms with E-state index in [0.29, 0.717) is 13.2 Å². The fourth-order valence-corrected chi connectivity index (χ4v) is 1.28. The van der Waals surface area contributed by atoms with Crippen LogP contribution in [0.5, 0.6) is 0 Å². The molecule has 0 bridgehead atoms. The van der Waals surface area contributed by atoms with Crippen LogP contribution in [0.15, 0.2) is 30.3 Å². The van der Waals surface area contributed by atoms with Crippen molar-refractivity contribution in [3.63, 3.8) is 0 Å². The Hall–Kier alpha value is -1.35. The zero-order valence-corrected chi connectivity index (χ0v) is 8.98. The molecule has 0 aliphatic carbocycles. The SMILES string of the molecule is CC[C@H](CN)C(=O)OCc1ccccc1. The second-order valence-electron chi connectivity index (χ2n) is 3.43. The average Bonchev–Trinajstić information content (AvgIpc) is 2.29. The maximum Gasteiger partial charge on any atom is 0.310 e. The molecule has 1 atom stereocenters. The minimum Gasteiger partial charge on any atom is -0.461 e. The second kappa shape index (κ2) is 6.19. The third-order valence-electron chi connectivity index (χ3n) is 2.33. The summed E-state index contributed by atoms with van der Waals surface area (Å²) in [6.07, 6.45) is 0.726. The predicted molar refractivity (Wildman–Crippen MR) is 59.1 cm³/mol. The van der Waals surface area contributed by atoms with Crippen LogP contribution in [0.4, 0.5) is 0 Å². The number of carbonyl (C=O) groups is 1. The maximum atomic E-state index is 11.5. The van der Waals surface area contributed by atoms with Crippen LogP contribution in [-0.4, -0.2) is 12.5 Å². The van der Waals surface area contributed by atoms with E-state index in [1.165, 1.54) is 0 Å². The summed E-state index contributed by atoms with van der Waals surface area (Å²) in [5, 5.41) is 0. The van der Waals surface area contributed by atoms with Gasteiger partial charge in [-0.2, -0.15) is 0 Å². The maximum absolute atomic E-state index is 11.5. The van der Waals surface area contributed by atoms with Crippen molar-refractivity contribution >= 4 is 5.97 Å². The van der Waals surface area contributed by atoms with Gasteiger partial charge in [0, 0.05) is 6.54 Å². The van der Waals surface area contributed by atoms with Gasteiger partial charge in [0.1, 0.15) is 6.61 Å². The van der Waals surface area contributed by atoms with Crippen molar-refractivity contribution in [2.45, 2.75) is 20.0 Å². The van der Waals surface area contributed by atoms with Crippen molar-refractivity contribution < 1.29 is 9.53 Å². The van der Waals surface area contributed by atoms with Crippen molar-refractivity contribution in [3.05, 3.63) is 35.9 Å². The molecule has 3 nitrogen and oxygen atoms in total. The molecule has 15 heavy (non-hydrogen) atoms. The van der Waals surface area contributed by atoms with E-state index in [9.17, 15) is 4.79 Å². The lowest BCUT2D eigenvalue weighted by Gasteiger charge is -2.11. The van der Waals surface area contributed by atoms with Gasteiger partial charge in [-0.05, 0) is 12.0 Å². The summed E-state index contributed by atoms with van der Waals surface area (Å²) in [5.74, 6) is -0.377. The fraction of sp³-hybridized carbons (Fsp3) is 0.417. The number of rotatable bonds is 5. The molecule has 1 aromatic carbocycles. The van der Waals surface area contributed by atoms with Gasteiger partial charge in [0.15, 0.2) is 0 Å². The van der Waals surface area contributed by atoms with Gasteiger partial charge in [-0.15, -0.1) is 0 Å². The summed E-state index contributed by atoms with van der Waals surface area (Å²) >= 11 is 0. The number of nitrogens with two attached hydrogens (primary N) is 1. The van der Waals surface area contributed by atoms with Crippen LogP contribution in [0.1, 0.15) is 18.9 Å². The van der Waals surface area contributed by atoms with Gasteiger partial charge in [-0.3, -0.25) is 4.79 Å². The molecule has 2 N–H and O–H groups in total. The van der Waals surface area contributed by atoms with E-state index in [0.717, 1.165) is 12.0 Å². The van der Waals surface area contributed by atoms with Gasteiger partial charge < -0.3 is 10.5 Å². The van der Waals surface area contributed by atoms with E-state index < -0.39 is 0 Å². The Morgan fingerprint density at radius 2 is 2.07 bits per heavy atom. The first-order valence-corrected chi connectivity index (χ1v) is 5.18. The molecular weight excluding hydrogens is 190 g/mol. The number of benzene rings is 1. The smallest absolute Gasteiger partial charge is 0.310 e. The number of hydrogen-bond acceptors (Lipinski definition) is 3. The van der Waals surface area contributed by atoms with Crippen molar-refractivity contribution in [3.8, 4) is 0 Å². The number of hydrogen-bond donors (Lipinski definition) is 1. The van der Waals surface area contributed by atoms with Crippen molar-refractivity contribution in [1.82, 2.24) is 0 Å². The van der Waals surface area contributed by atoms with Crippen LogP contribution in [-0.2, 0) is 16.1 Å². The lowest BCUT2D eigenvalue weighted by atomic mass is 10.1. The summed E-state index contributed by atoms with van der Waals surface area (Å²) in [6.45, 7) is 2.61. The fourth-order valence-electron chi connectivity index (χ4n) is 1.28. The van der Waals surface area contributed by atoms with Crippen molar-refractivity contribution in [1.29, 1.82) is 0 Å². The van der Waals surface area contributed by atoms with Crippen LogP contribution >= 0.6 is 0 Å². The van der Waals surface area contributed by atoms with Gasteiger partial charge in [0.2, 0.25) is 0 Å². The molecule has 0 fully saturated rings. The topological polar surface area (TPSA) is 52.3 Å². The lowest BCUT2D eigenvalue weighted by Crippen LogP contribution is -2.24.